The molecule has 0 aliphatic carbocycles. The minimum Gasteiger partial charge on any atom is -0.497 e. The number of aromatic nitrogens is 1. The molecule has 0 bridgehead atoms. The summed E-state index contributed by atoms with van der Waals surface area (Å²) in [6.45, 7) is 4.65. The van der Waals surface area contributed by atoms with Gasteiger partial charge >= 0.3 is 0 Å². The number of hydrogen-bond donors (Lipinski definition) is 1. The van der Waals surface area contributed by atoms with Crippen molar-refractivity contribution >= 4 is 5.91 Å². The van der Waals surface area contributed by atoms with E-state index in [1.807, 2.05) is 41.8 Å². The fourth-order valence-corrected chi connectivity index (χ4v) is 3.60. The van der Waals surface area contributed by atoms with Crippen LogP contribution in [0.25, 0.3) is 16.9 Å². The molecule has 1 aromatic heterocycles. The van der Waals surface area contributed by atoms with Crippen molar-refractivity contribution in [3.05, 3.63) is 71.7 Å². The van der Waals surface area contributed by atoms with Crippen molar-refractivity contribution in [1.82, 2.24) is 9.88 Å². The smallest absolute Gasteiger partial charge is 0.253 e. The highest BCUT2D eigenvalue weighted by molar-refractivity contribution is 5.97. The van der Waals surface area contributed by atoms with Gasteiger partial charge in [0.15, 0.2) is 0 Å². The third-order valence-corrected chi connectivity index (χ3v) is 5.29. The number of methoxy groups -OCH3 is 1. The summed E-state index contributed by atoms with van der Waals surface area (Å²) in [5.41, 5.74) is 3.32. The number of carbonyl (C=O) groups is 1. The second kappa shape index (κ2) is 10.1. The monoisotopic (exact) mass is 408 g/mol. The first-order valence-corrected chi connectivity index (χ1v) is 10.5. The van der Waals surface area contributed by atoms with E-state index in [1.165, 1.54) is 12.5 Å². The van der Waals surface area contributed by atoms with Gasteiger partial charge in [0.2, 0.25) is 0 Å². The van der Waals surface area contributed by atoms with Crippen LogP contribution < -0.4 is 10.1 Å². The maximum absolute atomic E-state index is 14.7. The zero-order chi connectivity index (χ0) is 21.5. The van der Waals surface area contributed by atoms with Crippen molar-refractivity contribution in [3.63, 3.8) is 0 Å². The van der Waals surface area contributed by atoms with Gasteiger partial charge in [0.1, 0.15) is 11.6 Å². The Hall–Kier alpha value is -3.08. The van der Waals surface area contributed by atoms with E-state index in [4.69, 9.17) is 4.74 Å². The molecule has 0 saturated heterocycles. The van der Waals surface area contributed by atoms with E-state index in [2.05, 4.69) is 12.2 Å². The average molecular weight is 409 g/mol. The molecule has 0 unspecified atom stereocenters. The summed E-state index contributed by atoms with van der Waals surface area (Å²) < 4.78 is 21.7. The second-order valence-corrected chi connectivity index (χ2v) is 7.36. The summed E-state index contributed by atoms with van der Waals surface area (Å²) in [4.78, 5) is 12.9. The molecule has 1 heterocycles. The highest BCUT2D eigenvalue weighted by Crippen LogP contribution is 2.31. The molecule has 1 N–H and O–H groups in total. The van der Waals surface area contributed by atoms with Crippen LogP contribution in [0, 0.1) is 12.7 Å². The lowest BCUT2D eigenvalue weighted by Crippen LogP contribution is -2.24. The fraction of sp³-hybridized carbons (Fsp3) is 0.320. The van der Waals surface area contributed by atoms with Gasteiger partial charge in [-0.2, -0.15) is 0 Å². The molecule has 1 amide bonds. The largest absolute Gasteiger partial charge is 0.497 e. The molecule has 0 fully saturated rings. The van der Waals surface area contributed by atoms with E-state index in [1.54, 1.807) is 25.3 Å². The topological polar surface area (TPSA) is 43.3 Å². The Bertz CT molecular complexity index is 993. The van der Waals surface area contributed by atoms with Gasteiger partial charge < -0.3 is 14.6 Å². The van der Waals surface area contributed by atoms with Crippen LogP contribution in [0.2, 0.25) is 0 Å². The van der Waals surface area contributed by atoms with E-state index in [0.717, 1.165) is 36.3 Å². The lowest BCUT2D eigenvalue weighted by atomic mass is 10.1. The Morgan fingerprint density at radius 2 is 1.80 bits per heavy atom. The number of hydrogen-bond acceptors (Lipinski definition) is 2. The first-order chi connectivity index (χ1) is 14.6. The predicted molar refractivity (Wildman–Crippen MR) is 119 cm³/mol. The van der Waals surface area contributed by atoms with Gasteiger partial charge in [-0.05, 0) is 61.4 Å². The van der Waals surface area contributed by atoms with Crippen molar-refractivity contribution in [2.24, 2.45) is 0 Å². The number of unbranched alkanes of at least 4 members (excludes halogenated alkanes) is 3. The van der Waals surface area contributed by atoms with Crippen LogP contribution in [0.1, 0.15) is 48.7 Å². The number of carbonyl (C=O) groups excluding carboxylic acids is 1. The van der Waals surface area contributed by atoms with Gasteiger partial charge in [0.05, 0.1) is 24.1 Å². The van der Waals surface area contributed by atoms with Crippen LogP contribution >= 0.6 is 0 Å². The Morgan fingerprint density at radius 1 is 1.07 bits per heavy atom. The molecule has 158 valence electrons. The van der Waals surface area contributed by atoms with E-state index in [0.29, 0.717) is 23.5 Å². The van der Waals surface area contributed by atoms with Gasteiger partial charge in [0, 0.05) is 12.2 Å². The molecule has 4 nitrogen and oxygen atoms in total. The van der Waals surface area contributed by atoms with Crippen molar-refractivity contribution in [1.29, 1.82) is 0 Å². The highest BCUT2D eigenvalue weighted by Gasteiger charge is 2.21. The fourth-order valence-electron chi connectivity index (χ4n) is 3.60. The highest BCUT2D eigenvalue weighted by atomic mass is 19.1. The molecule has 3 aromatic rings. The summed E-state index contributed by atoms with van der Waals surface area (Å²) in [5.74, 6) is 0.274. The third kappa shape index (κ3) is 4.73. The van der Waals surface area contributed by atoms with Crippen molar-refractivity contribution in [3.8, 4) is 22.7 Å². The van der Waals surface area contributed by atoms with Gasteiger partial charge in [-0.15, -0.1) is 0 Å². The summed E-state index contributed by atoms with van der Waals surface area (Å²) in [5, 5.41) is 3.01. The van der Waals surface area contributed by atoms with Gasteiger partial charge in [-0.3, -0.25) is 4.79 Å². The number of nitrogens with one attached hydrogen (secondary N) is 1. The molecule has 0 spiro atoms. The molecule has 0 aliphatic rings. The van der Waals surface area contributed by atoms with Crippen molar-refractivity contribution in [2.45, 2.75) is 39.5 Å². The lowest BCUT2D eigenvalue weighted by molar-refractivity contribution is 0.0952. The molecular weight excluding hydrogens is 379 g/mol. The Labute approximate surface area is 177 Å². The van der Waals surface area contributed by atoms with Crippen LogP contribution in [0.5, 0.6) is 5.75 Å². The number of halogens is 1. The summed E-state index contributed by atoms with van der Waals surface area (Å²) >= 11 is 0. The van der Waals surface area contributed by atoms with Crippen LogP contribution in [-0.4, -0.2) is 24.1 Å². The molecule has 2 aromatic carbocycles. The van der Waals surface area contributed by atoms with Gasteiger partial charge in [0.25, 0.3) is 5.91 Å². The maximum atomic E-state index is 14.7. The maximum Gasteiger partial charge on any atom is 0.253 e. The van der Waals surface area contributed by atoms with E-state index in [-0.39, 0.29) is 11.7 Å². The van der Waals surface area contributed by atoms with Crippen LogP contribution in [0.15, 0.2) is 54.6 Å². The quantitative estimate of drug-likeness (QED) is 0.447. The van der Waals surface area contributed by atoms with Gasteiger partial charge in [-0.1, -0.05) is 38.3 Å². The molecule has 30 heavy (non-hydrogen) atoms. The number of rotatable bonds is 9. The SMILES string of the molecule is CCCCCCNC(=O)c1cc(-c2ccc(OC)cc2)n(-c2ccccc2F)c1C. The van der Waals surface area contributed by atoms with Gasteiger partial charge in [-0.25, -0.2) is 4.39 Å². The van der Waals surface area contributed by atoms with E-state index >= 15 is 0 Å². The molecule has 0 radical (unpaired) electrons. The molecule has 3 rings (SSSR count). The Kier molecular flexibility index (Phi) is 7.28. The molecule has 5 heteroatoms. The minimum absolute atomic E-state index is 0.131. The zero-order valence-electron chi connectivity index (χ0n) is 17.9. The predicted octanol–water partition coefficient (Wildman–Crippen LogP) is 5.91. The number of para-hydroxylation sites is 1. The number of amides is 1. The number of ether oxygens (including phenoxy) is 1. The molecule has 0 aliphatic heterocycles. The van der Waals surface area contributed by atoms with Crippen molar-refractivity contribution in [2.75, 3.05) is 13.7 Å². The Morgan fingerprint density at radius 3 is 2.47 bits per heavy atom. The minimum atomic E-state index is -0.336. The Balaban J connectivity index is 1.99. The van der Waals surface area contributed by atoms with E-state index in [9.17, 15) is 9.18 Å². The zero-order valence-corrected chi connectivity index (χ0v) is 17.9. The van der Waals surface area contributed by atoms with Crippen LogP contribution in [-0.2, 0) is 0 Å². The van der Waals surface area contributed by atoms with Crippen LogP contribution in [0.3, 0.4) is 0 Å². The molecular formula is C25H29FN2O2. The molecule has 0 atom stereocenters. The summed E-state index contributed by atoms with van der Waals surface area (Å²) in [6.07, 6.45) is 4.38. The average Bonchev–Trinajstić information content (AvgIpc) is 3.11. The van der Waals surface area contributed by atoms with Crippen molar-refractivity contribution < 1.29 is 13.9 Å². The summed E-state index contributed by atoms with van der Waals surface area (Å²) in [7, 11) is 1.62. The normalized spacial score (nSPS) is 10.8. The molecule has 0 saturated carbocycles. The lowest BCUT2D eigenvalue weighted by Gasteiger charge is -2.13. The number of nitrogens with zero attached hydrogens (tertiary/aromatic N) is 1. The van der Waals surface area contributed by atoms with E-state index < -0.39 is 0 Å². The first kappa shape index (κ1) is 21.6. The first-order valence-electron chi connectivity index (χ1n) is 10.5. The summed E-state index contributed by atoms with van der Waals surface area (Å²) in [6, 6.07) is 16.0. The van der Waals surface area contributed by atoms with Crippen LogP contribution in [0.4, 0.5) is 4.39 Å². The number of benzene rings is 2. The third-order valence-electron chi connectivity index (χ3n) is 5.29. The standard InChI is InChI=1S/C25H29FN2O2/c1-4-5-6-9-16-27-25(29)21-17-24(19-12-14-20(30-3)15-13-19)28(18(21)2)23-11-8-7-10-22(23)26/h7-8,10-15,17H,4-6,9,16H2,1-3H3,(H,27,29). The second-order valence-electron chi connectivity index (χ2n) is 7.36.